The molecular formula is C10H18N2OS. The van der Waals surface area contributed by atoms with E-state index in [0.29, 0.717) is 5.92 Å². The van der Waals surface area contributed by atoms with Gasteiger partial charge in [-0.15, -0.1) is 4.72 Å². The van der Waals surface area contributed by atoms with Crippen molar-refractivity contribution in [1.29, 1.82) is 5.26 Å². The molecule has 0 bridgehead atoms. The van der Waals surface area contributed by atoms with Gasteiger partial charge in [-0.2, -0.15) is 5.26 Å². The lowest BCUT2D eigenvalue weighted by Crippen LogP contribution is -2.44. The minimum atomic E-state index is -1.13. The summed E-state index contributed by atoms with van der Waals surface area (Å²) in [5.41, 5.74) is 0. The summed E-state index contributed by atoms with van der Waals surface area (Å²) in [7, 11) is 0. The summed E-state index contributed by atoms with van der Waals surface area (Å²) >= 11 is -1.13. The molecule has 0 aromatic carbocycles. The molecule has 3 nitrogen and oxygen atoms in total. The van der Waals surface area contributed by atoms with Crippen molar-refractivity contribution in [1.82, 2.24) is 4.72 Å². The number of hydrogen-bond acceptors (Lipinski definition) is 3. The van der Waals surface area contributed by atoms with E-state index in [4.69, 9.17) is 5.26 Å². The summed E-state index contributed by atoms with van der Waals surface area (Å²) < 4.78 is 14.3. The third-order valence-corrected chi connectivity index (χ3v) is 3.84. The van der Waals surface area contributed by atoms with Gasteiger partial charge in [-0.3, -0.25) is 0 Å². The van der Waals surface area contributed by atoms with E-state index in [2.05, 4.69) is 10.8 Å². The summed E-state index contributed by atoms with van der Waals surface area (Å²) in [4.78, 5) is 0. The SMILES string of the molecule is CC(C)(C)[S+]([O-])N[C@@H](C#N)CC1CC1. The first-order valence-corrected chi connectivity index (χ1v) is 6.16. The van der Waals surface area contributed by atoms with Gasteiger partial charge in [0.05, 0.1) is 6.07 Å². The maximum atomic E-state index is 11.7. The number of nitrogens with one attached hydrogen (secondary N) is 1. The van der Waals surface area contributed by atoms with Gasteiger partial charge in [0.15, 0.2) is 0 Å². The molecule has 1 aliphatic carbocycles. The lowest BCUT2D eigenvalue weighted by Gasteiger charge is -2.25. The first kappa shape index (κ1) is 11.8. The normalized spacial score (nSPS) is 21.4. The van der Waals surface area contributed by atoms with Crippen LogP contribution in [0, 0.1) is 17.2 Å². The van der Waals surface area contributed by atoms with Crippen molar-refractivity contribution in [2.75, 3.05) is 0 Å². The van der Waals surface area contributed by atoms with E-state index in [1.807, 2.05) is 20.8 Å². The maximum Gasteiger partial charge on any atom is 0.139 e. The van der Waals surface area contributed by atoms with Gasteiger partial charge >= 0.3 is 0 Å². The highest BCUT2D eigenvalue weighted by atomic mass is 32.2. The third-order valence-electron chi connectivity index (χ3n) is 2.23. The molecule has 80 valence electrons. The zero-order valence-electron chi connectivity index (χ0n) is 9.04. The second-order valence-corrected chi connectivity index (χ2v) is 6.86. The molecule has 1 fully saturated rings. The number of nitriles is 1. The van der Waals surface area contributed by atoms with Crippen LogP contribution in [0.1, 0.15) is 40.0 Å². The molecule has 0 saturated heterocycles. The fourth-order valence-corrected chi connectivity index (χ4v) is 1.88. The lowest BCUT2D eigenvalue weighted by atomic mass is 10.2. The van der Waals surface area contributed by atoms with E-state index in [1.54, 1.807) is 0 Å². The van der Waals surface area contributed by atoms with Crippen molar-refractivity contribution in [2.45, 2.75) is 50.8 Å². The van der Waals surface area contributed by atoms with Crippen molar-refractivity contribution in [3.8, 4) is 6.07 Å². The van der Waals surface area contributed by atoms with E-state index >= 15 is 0 Å². The zero-order chi connectivity index (χ0) is 10.8. The number of nitrogens with zero attached hydrogens (tertiary/aromatic N) is 1. The quantitative estimate of drug-likeness (QED) is 0.725. The van der Waals surface area contributed by atoms with Gasteiger partial charge in [-0.25, -0.2) is 0 Å². The smallest absolute Gasteiger partial charge is 0.139 e. The molecule has 0 heterocycles. The Morgan fingerprint density at radius 3 is 2.50 bits per heavy atom. The van der Waals surface area contributed by atoms with Gasteiger partial charge in [-0.1, -0.05) is 12.8 Å². The van der Waals surface area contributed by atoms with Crippen LogP contribution < -0.4 is 4.72 Å². The largest absolute Gasteiger partial charge is 0.598 e. The summed E-state index contributed by atoms with van der Waals surface area (Å²) in [6.07, 6.45) is 3.29. The topological polar surface area (TPSA) is 58.9 Å². The fourth-order valence-electron chi connectivity index (χ4n) is 1.12. The summed E-state index contributed by atoms with van der Waals surface area (Å²) in [6, 6.07) is 1.92. The van der Waals surface area contributed by atoms with Crippen LogP contribution in [-0.4, -0.2) is 15.3 Å². The summed E-state index contributed by atoms with van der Waals surface area (Å²) in [5.74, 6) is 0.684. The molecule has 0 aliphatic heterocycles. The third kappa shape index (κ3) is 3.87. The molecule has 1 saturated carbocycles. The molecule has 0 spiro atoms. The molecule has 0 amide bonds. The minimum absolute atomic E-state index is 0.248. The minimum Gasteiger partial charge on any atom is -0.598 e. The molecule has 1 aliphatic rings. The highest BCUT2D eigenvalue weighted by Crippen LogP contribution is 2.33. The van der Waals surface area contributed by atoms with Crippen LogP contribution in [0.5, 0.6) is 0 Å². The highest BCUT2D eigenvalue weighted by molar-refractivity contribution is 7.90. The van der Waals surface area contributed by atoms with E-state index in [9.17, 15) is 4.55 Å². The van der Waals surface area contributed by atoms with Gasteiger partial charge in [0, 0.05) is 11.4 Å². The standard InChI is InChI=1S/C10H18N2OS/c1-10(2,3)14(13)12-9(7-11)6-8-4-5-8/h8-9,12H,4-6H2,1-3H3/t9-,14?/m1/s1. The van der Waals surface area contributed by atoms with Crippen LogP contribution in [0.4, 0.5) is 0 Å². The van der Waals surface area contributed by atoms with Crippen molar-refractivity contribution < 1.29 is 4.55 Å². The molecular weight excluding hydrogens is 196 g/mol. The van der Waals surface area contributed by atoms with E-state index < -0.39 is 11.4 Å². The first-order chi connectivity index (χ1) is 6.43. The Bertz CT molecular complexity index is 227. The van der Waals surface area contributed by atoms with E-state index in [1.165, 1.54) is 12.8 Å². The van der Waals surface area contributed by atoms with Gasteiger partial charge in [-0.05, 0) is 33.1 Å². The summed E-state index contributed by atoms with van der Waals surface area (Å²) in [6.45, 7) is 5.71. The molecule has 0 aromatic rings. The molecule has 14 heavy (non-hydrogen) atoms. The Hall–Kier alpha value is -0.240. The predicted molar refractivity (Wildman–Crippen MR) is 57.8 cm³/mol. The molecule has 1 N–H and O–H groups in total. The second-order valence-electron chi connectivity index (χ2n) is 4.86. The van der Waals surface area contributed by atoms with Crippen molar-refractivity contribution in [3.63, 3.8) is 0 Å². The van der Waals surface area contributed by atoms with Crippen LogP contribution >= 0.6 is 0 Å². The fraction of sp³-hybridized carbons (Fsp3) is 0.900. The van der Waals surface area contributed by atoms with Gasteiger partial charge in [0.25, 0.3) is 0 Å². The Balaban J connectivity index is 2.35. The summed E-state index contributed by atoms with van der Waals surface area (Å²) in [5, 5.41) is 8.87. The van der Waals surface area contributed by atoms with Crippen LogP contribution in [0.25, 0.3) is 0 Å². The Morgan fingerprint density at radius 1 is 1.57 bits per heavy atom. The second kappa shape index (κ2) is 4.52. The number of hydrogen-bond donors (Lipinski definition) is 1. The van der Waals surface area contributed by atoms with Crippen molar-refractivity contribution >= 4 is 11.4 Å². The number of rotatable bonds is 4. The molecule has 1 unspecified atom stereocenters. The predicted octanol–water partition coefficient (Wildman–Crippen LogP) is 1.73. The molecule has 0 aromatic heterocycles. The Kier molecular flexibility index (Phi) is 3.82. The molecule has 4 heteroatoms. The molecule has 0 radical (unpaired) electrons. The van der Waals surface area contributed by atoms with Crippen LogP contribution in [0.15, 0.2) is 0 Å². The van der Waals surface area contributed by atoms with Gasteiger partial charge in [0.2, 0.25) is 0 Å². The average Bonchev–Trinajstić information content (AvgIpc) is 2.85. The highest BCUT2D eigenvalue weighted by Gasteiger charge is 2.32. The maximum absolute atomic E-state index is 11.7. The molecule has 1 rings (SSSR count). The van der Waals surface area contributed by atoms with Crippen LogP contribution in [0.3, 0.4) is 0 Å². The van der Waals surface area contributed by atoms with Crippen molar-refractivity contribution in [2.24, 2.45) is 5.92 Å². The zero-order valence-corrected chi connectivity index (χ0v) is 9.86. The van der Waals surface area contributed by atoms with Crippen molar-refractivity contribution in [3.05, 3.63) is 0 Å². The van der Waals surface area contributed by atoms with Gasteiger partial charge in [0.1, 0.15) is 10.8 Å². The Labute approximate surface area is 89.2 Å². The van der Waals surface area contributed by atoms with E-state index in [-0.39, 0.29) is 10.8 Å². The van der Waals surface area contributed by atoms with Crippen LogP contribution in [0.2, 0.25) is 0 Å². The lowest BCUT2D eigenvalue weighted by molar-refractivity contribution is 0.524. The average molecular weight is 214 g/mol. The monoisotopic (exact) mass is 214 g/mol. The molecule has 2 atom stereocenters. The first-order valence-electron chi connectivity index (χ1n) is 5.01. The van der Waals surface area contributed by atoms with Gasteiger partial charge < -0.3 is 4.55 Å². The Morgan fingerprint density at radius 2 is 2.14 bits per heavy atom. The van der Waals surface area contributed by atoms with E-state index in [0.717, 1.165) is 6.42 Å². The van der Waals surface area contributed by atoms with Crippen LogP contribution in [-0.2, 0) is 11.4 Å².